The molecule has 1 N–H and O–H groups in total. The van der Waals surface area contributed by atoms with E-state index in [1.54, 1.807) is 6.33 Å². The van der Waals surface area contributed by atoms with Crippen LogP contribution in [0.2, 0.25) is 10.0 Å². The van der Waals surface area contributed by atoms with E-state index in [2.05, 4.69) is 27.5 Å². The Kier molecular flexibility index (Phi) is 3.71. The Morgan fingerprint density at radius 3 is 2.61 bits per heavy atom. The predicted molar refractivity (Wildman–Crippen MR) is 92.0 cm³/mol. The quantitative estimate of drug-likeness (QED) is 0.730. The molecule has 0 bridgehead atoms. The van der Waals surface area contributed by atoms with Crippen molar-refractivity contribution in [3.63, 3.8) is 0 Å². The molecule has 0 amide bonds. The average molecular weight is 345 g/mol. The van der Waals surface area contributed by atoms with Gasteiger partial charge in [0.15, 0.2) is 0 Å². The van der Waals surface area contributed by atoms with Crippen molar-refractivity contribution < 1.29 is 0 Å². The number of hydrogen-bond donors (Lipinski definition) is 1. The van der Waals surface area contributed by atoms with E-state index in [0.717, 1.165) is 17.9 Å². The molecule has 116 valence electrons. The summed E-state index contributed by atoms with van der Waals surface area (Å²) in [6.45, 7) is 0. The number of benzene rings is 2. The summed E-state index contributed by atoms with van der Waals surface area (Å²) in [5.74, 6) is 0.765. The molecule has 1 aromatic heterocycles. The second kappa shape index (κ2) is 5.87. The first kappa shape index (κ1) is 14.5. The van der Waals surface area contributed by atoms with Crippen molar-refractivity contribution in [3.05, 3.63) is 76.0 Å². The number of anilines is 1. The first-order valence-corrected chi connectivity index (χ1v) is 8.14. The van der Waals surface area contributed by atoms with Gasteiger partial charge in [0.25, 0.3) is 0 Å². The molecule has 0 radical (unpaired) electrons. The number of fused-ring (bicyclic) bond motifs is 1. The van der Waals surface area contributed by atoms with E-state index >= 15 is 0 Å². The SMILES string of the molecule is Clc1ccc([C@@H]2C[C@@H](c3ccccc3)Nc3ncnn32)cc1Cl. The Labute approximate surface area is 144 Å². The van der Waals surface area contributed by atoms with Crippen LogP contribution in [0.5, 0.6) is 0 Å². The standard InChI is InChI=1S/C17H14Cl2N4/c18-13-7-6-12(8-14(13)19)16-9-15(11-4-2-1-3-5-11)22-17-20-10-21-23(16)17/h1-8,10,15-16H,9H2,(H,20,21,22)/t15-,16-/m0/s1. The molecule has 1 aliphatic heterocycles. The number of aromatic nitrogens is 3. The largest absolute Gasteiger partial charge is 0.348 e. The summed E-state index contributed by atoms with van der Waals surface area (Å²) in [6, 6.07) is 16.3. The van der Waals surface area contributed by atoms with Gasteiger partial charge >= 0.3 is 0 Å². The minimum Gasteiger partial charge on any atom is -0.348 e. The lowest BCUT2D eigenvalue weighted by molar-refractivity contribution is 0.431. The number of nitrogens with zero attached hydrogens (tertiary/aromatic N) is 3. The monoisotopic (exact) mass is 344 g/mol. The zero-order valence-corrected chi connectivity index (χ0v) is 13.7. The Balaban J connectivity index is 1.75. The van der Waals surface area contributed by atoms with Crippen molar-refractivity contribution >= 4 is 29.2 Å². The molecule has 4 nitrogen and oxygen atoms in total. The molecular weight excluding hydrogens is 331 g/mol. The smallest absolute Gasteiger partial charge is 0.222 e. The second-order valence-electron chi connectivity index (χ2n) is 5.56. The third-order valence-corrected chi connectivity index (χ3v) is 4.90. The second-order valence-corrected chi connectivity index (χ2v) is 6.38. The van der Waals surface area contributed by atoms with Crippen LogP contribution in [0.15, 0.2) is 54.9 Å². The molecule has 0 saturated carbocycles. The number of halogens is 2. The van der Waals surface area contributed by atoms with E-state index < -0.39 is 0 Å². The van der Waals surface area contributed by atoms with E-state index in [4.69, 9.17) is 23.2 Å². The molecule has 4 rings (SSSR count). The number of hydrogen-bond acceptors (Lipinski definition) is 3. The van der Waals surface area contributed by atoms with Crippen molar-refractivity contribution in [2.24, 2.45) is 0 Å². The van der Waals surface area contributed by atoms with E-state index in [1.807, 2.05) is 41.1 Å². The van der Waals surface area contributed by atoms with Gasteiger partial charge in [0.2, 0.25) is 5.95 Å². The molecule has 0 fully saturated rings. The molecule has 0 saturated heterocycles. The van der Waals surface area contributed by atoms with Gasteiger partial charge in [-0.25, -0.2) is 4.68 Å². The maximum atomic E-state index is 6.19. The summed E-state index contributed by atoms with van der Waals surface area (Å²) in [5.41, 5.74) is 2.31. The van der Waals surface area contributed by atoms with Gasteiger partial charge in [-0.1, -0.05) is 59.6 Å². The lowest BCUT2D eigenvalue weighted by Gasteiger charge is -2.32. The van der Waals surface area contributed by atoms with Gasteiger partial charge in [-0.2, -0.15) is 10.1 Å². The molecule has 2 aromatic carbocycles. The van der Waals surface area contributed by atoms with Gasteiger partial charge in [0.1, 0.15) is 6.33 Å². The van der Waals surface area contributed by atoms with E-state index in [1.165, 1.54) is 5.56 Å². The van der Waals surface area contributed by atoms with Crippen LogP contribution in [0.25, 0.3) is 0 Å². The van der Waals surface area contributed by atoms with Crippen molar-refractivity contribution in [2.45, 2.75) is 18.5 Å². The van der Waals surface area contributed by atoms with Gasteiger partial charge in [0, 0.05) is 0 Å². The third-order valence-electron chi connectivity index (χ3n) is 4.16. The van der Waals surface area contributed by atoms with Gasteiger partial charge in [0.05, 0.1) is 22.1 Å². The van der Waals surface area contributed by atoms with Crippen LogP contribution in [0.3, 0.4) is 0 Å². The van der Waals surface area contributed by atoms with Crippen LogP contribution >= 0.6 is 23.2 Å². The minimum atomic E-state index is 0.0636. The summed E-state index contributed by atoms with van der Waals surface area (Å²) < 4.78 is 1.90. The predicted octanol–water partition coefficient (Wildman–Crippen LogP) is 4.73. The fraction of sp³-hybridized carbons (Fsp3) is 0.176. The van der Waals surface area contributed by atoms with Crippen molar-refractivity contribution in [1.29, 1.82) is 0 Å². The molecule has 23 heavy (non-hydrogen) atoms. The number of rotatable bonds is 2. The van der Waals surface area contributed by atoms with Gasteiger partial charge < -0.3 is 5.32 Å². The highest BCUT2D eigenvalue weighted by atomic mass is 35.5. The van der Waals surface area contributed by atoms with Gasteiger partial charge in [-0.3, -0.25) is 0 Å². The summed E-state index contributed by atoms with van der Waals surface area (Å²) in [4.78, 5) is 4.33. The Bertz CT molecular complexity index is 832. The van der Waals surface area contributed by atoms with E-state index in [9.17, 15) is 0 Å². The van der Waals surface area contributed by atoms with Crippen LogP contribution in [0.1, 0.15) is 29.6 Å². The van der Waals surface area contributed by atoms with Crippen molar-refractivity contribution in [2.75, 3.05) is 5.32 Å². The van der Waals surface area contributed by atoms with Crippen LogP contribution in [-0.2, 0) is 0 Å². The Morgan fingerprint density at radius 1 is 1.00 bits per heavy atom. The molecule has 3 aromatic rings. The third kappa shape index (κ3) is 2.69. The summed E-state index contributed by atoms with van der Waals surface area (Å²) in [6.07, 6.45) is 2.43. The van der Waals surface area contributed by atoms with Crippen LogP contribution in [0, 0.1) is 0 Å². The maximum absolute atomic E-state index is 6.19. The van der Waals surface area contributed by atoms with E-state index in [0.29, 0.717) is 10.0 Å². The summed E-state index contributed by atoms with van der Waals surface area (Å²) >= 11 is 12.2. The average Bonchev–Trinajstić information content (AvgIpc) is 3.06. The maximum Gasteiger partial charge on any atom is 0.222 e. The van der Waals surface area contributed by atoms with Gasteiger partial charge in [-0.15, -0.1) is 0 Å². The molecule has 0 spiro atoms. The molecule has 0 unspecified atom stereocenters. The van der Waals surface area contributed by atoms with Crippen molar-refractivity contribution in [3.8, 4) is 0 Å². The molecule has 0 aliphatic carbocycles. The van der Waals surface area contributed by atoms with E-state index in [-0.39, 0.29) is 12.1 Å². The van der Waals surface area contributed by atoms with Crippen LogP contribution in [-0.4, -0.2) is 14.8 Å². The topological polar surface area (TPSA) is 42.7 Å². The Hall–Kier alpha value is -2.04. The first-order chi connectivity index (χ1) is 11.2. The Morgan fingerprint density at radius 2 is 1.83 bits per heavy atom. The zero-order chi connectivity index (χ0) is 15.8. The molecule has 2 atom stereocenters. The molecule has 2 heterocycles. The zero-order valence-electron chi connectivity index (χ0n) is 12.2. The normalized spacial score (nSPS) is 19.9. The lowest BCUT2D eigenvalue weighted by Crippen LogP contribution is -2.28. The highest BCUT2D eigenvalue weighted by Gasteiger charge is 2.30. The summed E-state index contributed by atoms with van der Waals surface area (Å²) in [5, 5.41) is 8.93. The van der Waals surface area contributed by atoms with Crippen molar-refractivity contribution in [1.82, 2.24) is 14.8 Å². The lowest BCUT2D eigenvalue weighted by atomic mass is 9.93. The minimum absolute atomic E-state index is 0.0636. The van der Waals surface area contributed by atoms with Gasteiger partial charge in [-0.05, 0) is 29.7 Å². The molecular formula is C17H14Cl2N4. The highest BCUT2D eigenvalue weighted by molar-refractivity contribution is 6.42. The molecule has 6 heteroatoms. The summed E-state index contributed by atoms with van der Waals surface area (Å²) in [7, 11) is 0. The molecule has 1 aliphatic rings. The highest BCUT2D eigenvalue weighted by Crippen LogP contribution is 2.38. The number of nitrogens with one attached hydrogen (secondary N) is 1. The van der Waals surface area contributed by atoms with Crippen LogP contribution < -0.4 is 5.32 Å². The fourth-order valence-corrected chi connectivity index (χ4v) is 3.33. The fourth-order valence-electron chi connectivity index (χ4n) is 3.02. The van der Waals surface area contributed by atoms with Crippen LogP contribution in [0.4, 0.5) is 5.95 Å². The first-order valence-electron chi connectivity index (χ1n) is 7.38.